The van der Waals surface area contributed by atoms with E-state index in [9.17, 15) is 14.4 Å². The summed E-state index contributed by atoms with van der Waals surface area (Å²) in [5.74, 6) is -0.640. The number of amides is 3. The number of hydrogen-bond acceptors (Lipinski definition) is 6. The summed E-state index contributed by atoms with van der Waals surface area (Å²) < 4.78 is 4.73. The van der Waals surface area contributed by atoms with E-state index in [4.69, 9.17) is 9.94 Å². The molecule has 9 nitrogen and oxygen atoms in total. The Morgan fingerprint density at radius 3 is 2.37 bits per heavy atom. The van der Waals surface area contributed by atoms with Crippen LogP contribution in [-0.4, -0.2) is 48.5 Å². The van der Waals surface area contributed by atoms with Crippen molar-refractivity contribution in [3.8, 4) is 0 Å². The van der Waals surface area contributed by atoms with Crippen molar-refractivity contribution in [2.45, 2.75) is 39.2 Å². The van der Waals surface area contributed by atoms with Crippen LogP contribution in [0.25, 0.3) is 0 Å². The molecule has 1 rings (SSSR count). The summed E-state index contributed by atoms with van der Waals surface area (Å²) in [6.07, 6.45) is 1.71. The van der Waals surface area contributed by atoms with E-state index in [1.165, 1.54) is 14.0 Å². The van der Waals surface area contributed by atoms with E-state index in [0.29, 0.717) is 37.2 Å². The molecular weight excluding hydrogens is 352 g/mol. The van der Waals surface area contributed by atoms with E-state index in [-0.39, 0.29) is 5.91 Å². The maximum absolute atomic E-state index is 12.1. The first-order valence-corrected chi connectivity index (χ1v) is 8.56. The SMILES string of the molecule is COC(=O)C(CCCCNC(C)=O)NC(=O)Nc1ccc(C(C)=NO)cc1. The van der Waals surface area contributed by atoms with Crippen LogP contribution in [0.2, 0.25) is 0 Å². The fraction of sp³-hybridized carbons (Fsp3) is 0.444. The van der Waals surface area contributed by atoms with E-state index in [2.05, 4.69) is 21.1 Å². The van der Waals surface area contributed by atoms with Gasteiger partial charge in [0.05, 0.1) is 12.8 Å². The van der Waals surface area contributed by atoms with Crippen LogP contribution in [0.3, 0.4) is 0 Å². The Morgan fingerprint density at radius 2 is 1.81 bits per heavy atom. The van der Waals surface area contributed by atoms with Crippen LogP contribution in [0.5, 0.6) is 0 Å². The lowest BCUT2D eigenvalue weighted by Gasteiger charge is -2.17. The number of anilines is 1. The Hall–Kier alpha value is -3.10. The minimum absolute atomic E-state index is 0.108. The zero-order valence-corrected chi connectivity index (χ0v) is 15.7. The normalized spacial score (nSPS) is 12.0. The van der Waals surface area contributed by atoms with Gasteiger partial charge in [0.1, 0.15) is 6.04 Å². The van der Waals surface area contributed by atoms with Crippen LogP contribution in [0.4, 0.5) is 10.5 Å². The fourth-order valence-electron chi connectivity index (χ4n) is 2.31. The first-order valence-electron chi connectivity index (χ1n) is 8.56. The number of urea groups is 1. The number of benzene rings is 1. The smallest absolute Gasteiger partial charge is 0.328 e. The van der Waals surface area contributed by atoms with E-state index in [0.717, 1.165) is 5.56 Å². The molecule has 3 amide bonds. The van der Waals surface area contributed by atoms with Crippen molar-refractivity contribution in [1.29, 1.82) is 0 Å². The first-order chi connectivity index (χ1) is 12.9. The standard InChI is InChI=1S/C18H26N4O5/c1-12(22-26)14-7-9-15(10-8-14)20-18(25)21-16(17(24)27-3)6-4-5-11-19-13(2)23/h7-10,16,26H,4-6,11H2,1-3H3,(H,19,23)(H2,20,21,25). The number of hydrogen-bond donors (Lipinski definition) is 4. The highest BCUT2D eigenvalue weighted by Crippen LogP contribution is 2.11. The minimum atomic E-state index is -0.782. The summed E-state index contributed by atoms with van der Waals surface area (Å²) in [5.41, 5.74) is 1.70. The van der Waals surface area contributed by atoms with Gasteiger partial charge in [0.25, 0.3) is 0 Å². The zero-order chi connectivity index (χ0) is 20.2. The van der Waals surface area contributed by atoms with E-state index < -0.39 is 18.0 Å². The molecule has 1 unspecified atom stereocenters. The number of nitrogens with one attached hydrogen (secondary N) is 3. The van der Waals surface area contributed by atoms with Crippen molar-refractivity contribution in [3.05, 3.63) is 29.8 Å². The third kappa shape index (κ3) is 8.21. The van der Waals surface area contributed by atoms with Crippen molar-refractivity contribution < 1.29 is 24.3 Å². The van der Waals surface area contributed by atoms with Crippen molar-refractivity contribution in [2.24, 2.45) is 5.16 Å². The number of carbonyl (C=O) groups excluding carboxylic acids is 3. The molecule has 1 atom stereocenters. The molecule has 0 heterocycles. The summed E-state index contributed by atoms with van der Waals surface area (Å²) in [5, 5.41) is 19.8. The molecule has 0 radical (unpaired) electrons. The molecule has 0 aromatic heterocycles. The molecule has 148 valence electrons. The molecule has 0 saturated heterocycles. The topological polar surface area (TPSA) is 129 Å². The van der Waals surface area contributed by atoms with Gasteiger partial charge in [-0.05, 0) is 43.9 Å². The third-order valence-electron chi connectivity index (χ3n) is 3.80. The van der Waals surface area contributed by atoms with Gasteiger partial charge in [-0.15, -0.1) is 0 Å². The van der Waals surface area contributed by atoms with Crippen LogP contribution < -0.4 is 16.0 Å². The number of esters is 1. The largest absolute Gasteiger partial charge is 0.467 e. The molecule has 9 heteroatoms. The summed E-state index contributed by atoms with van der Waals surface area (Å²) in [4.78, 5) is 34.8. The highest BCUT2D eigenvalue weighted by atomic mass is 16.5. The zero-order valence-electron chi connectivity index (χ0n) is 15.7. The summed E-state index contributed by atoms with van der Waals surface area (Å²) >= 11 is 0. The van der Waals surface area contributed by atoms with Gasteiger partial charge < -0.3 is 25.9 Å². The Morgan fingerprint density at radius 1 is 1.15 bits per heavy atom. The number of carbonyl (C=O) groups is 3. The lowest BCUT2D eigenvalue weighted by atomic mass is 10.1. The Balaban J connectivity index is 2.55. The predicted octanol–water partition coefficient (Wildman–Crippen LogP) is 1.85. The molecule has 1 aromatic rings. The van der Waals surface area contributed by atoms with Gasteiger partial charge in [0.2, 0.25) is 5.91 Å². The second-order valence-electron chi connectivity index (χ2n) is 5.92. The van der Waals surface area contributed by atoms with Crippen molar-refractivity contribution in [2.75, 3.05) is 19.0 Å². The van der Waals surface area contributed by atoms with Gasteiger partial charge in [-0.3, -0.25) is 4.79 Å². The molecule has 0 fully saturated rings. The van der Waals surface area contributed by atoms with Crippen molar-refractivity contribution >= 4 is 29.3 Å². The lowest BCUT2D eigenvalue weighted by Crippen LogP contribution is -2.43. The molecule has 0 saturated carbocycles. The number of methoxy groups -OCH3 is 1. The van der Waals surface area contributed by atoms with Crippen LogP contribution in [0.1, 0.15) is 38.7 Å². The van der Waals surface area contributed by atoms with Crippen molar-refractivity contribution in [1.82, 2.24) is 10.6 Å². The van der Waals surface area contributed by atoms with Gasteiger partial charge >= 0.3 is 12.0 Å². The van der Waals surface area contributed by atoms with Crippen LogP contribution in [0, 0.1) is 0 Å². The predicted molar refractivity (Wildman–Crippen MR) is 101 cm³/mol. The molecule has 0 spiro atoms. The molecule has 0 aliphatic rings. The third-order valence-corrected chi connectivity index (χ3v) is 3.80. The number of ether oxygens (including phenoxy) is 1. The van der Waals surface area contributed by atoms with Crippen LogP contribution >= 0.6 is 0 Å². The van der Waals surface area contributed by atoms with Gasteiger partial charge in [0.15, 0.2) is 0 Å². The maximum Gasteiger partial charge on any atom is 0.328 e. The Labute approximate surface area is 158 Å². The van der Waals surface area contributed by atoms with E-state index in [1.807, 2.05) is 0 Å². The highest BCUT2D eigenvalue weighted by Gasteiger charge is 2.21. The van der Waals surface area contributed by atoms with Gasteiger partial charge in [-0.25, -0.2) is 9.59 Å². The Kier molecular flexibility index (Phi) is 9.35. The highest BCUT2D eigenvalue weighted by molar-refractivity contribution is 5.99. The summed E-state index contributed by atoms with van der Waals surface area (Å²) in [6, 6.07) is 5.39. The molecule has 27 heavy (non-hydrogen) atoms. The average Bonchev–Trinajstić information content (AvgIpc) is 2.65. The molecule has 0 bridgehead atoms. The van der Waals surface area contributed by atoms with Gasteiger partial charge in [-0.2, -0.15) is 0 Å². The Bertz CT molecular complexity index is 673. The molecule has 1 aromatic carbocycles. The van der Waals surface area contributed by atoms with Crippen molar-refractivity contribution in [3.63, 3.8) is 0 Å². The molecular formula is C18H26N4O5. The molecule has 4 N–H and O–H groups in total. The number of rotatable bonds is 9. The quantitative estimate of drug-likeness (QED) is 0.171. The summed E-state index contributed by atoms with van der Waals surface area (Å²) in [7, 11) is 1.26. The average molecular weight is 378 g/mol. The maximum atomic E-state index is 12.1. The second-order valence-corrected chi connectivity index (χ2v) is 5.92. The van der Waals surface area contributed by atoms with Gasteiger partial charge in [0, 0.05) is 19.2 Å². The monoisotopic (exact) mass is 378 g/mol. The van der Waals surface area contributed by atoms with E-state index >= 15 is 0 Å². The van der Waals surface area contributed by atoms with E-state index in [1.54, 1.807) is 31.2 Å². The van der Waals surface area contributed by atoms with Crippen LogP contribution in [0.15, 0.2) is 29.4 Å². The second kappa shape index (κ2) is 11.5. The first kappa shape index (κ1) is 21.9. The number of oxime groups is 1. The van der Waals surface area contributed by atoms with Crippen LogP contribution in [-0.2, 0) is 14.3 Å². The molecule has 0 aliphatic carbocycles. The summed E-state index contributed by atoms with van der Waals surface area (Å²) in [6.45, 7) is 3.61. The number of nitrogens with zero attached hydrogens (tertiary/aromatic N) is 1. The fourth-order valence-corrected chi connectivity index (χ4v) is 2.31. The number of unbranched alkanes of at least 4 members (excludes halogenated alkanes) is 1. The molecule has 0 aliphatic heterocycles. The minimum Gasteiger partial charge on any atom is -0.467 e. The van der Waals surface area contributed by atoms with Gasteiger partial charge in [-0.1, -0.05) is 17.3 Å². The lowest BCUT2D eigenvalue weighted by molar-refractivity contribution is -0.143.